The van der Waals surface area contributed by atoms with E-state index >= 15 is 0 Å². The minimum atomic E-state index is -4.94. The molecule has 0 atom stereocenters. The van der Waals surface area contributed by atoms with E-state index in [0.717, 1.165) is 0 Å². The van der Waals surface area contributed by atoms with Crippen LogP contribution in [-0.2, 0) is 9.90 Å². The summed E-state index contributed by atoms with van der Waals surface area (Å²) in [5.41, 5.74) is 0. The summed E-state index contributed by atoms with van der Waals surface area (Å²) in [6.07, 6.45) is -4.94. The molecule has 0 aliphatic heterocycles. The Labute approximate surface area is 42.9 Å². The van der Waals surface area contributed by atoms with Gasteiger partial charge in [0.2, 0.25) is 0 Å². The highest BCUT2D eigenvalue weighted by atomic mass is 19.4. The lowest BCUT2D eigenvalue weighted by Crippen LogP contribution is -2.24. The number of hydrogen-bond acceptors (Lipinski definition) is 1. The Morgan fingerprint density at radius 1 is 1.38 bits per heavy atom. The van der Waals surface area contributed by atoms with Gasteiger partial charge in [-0.1, -0.05) is 0 Å². The summed E-state index contributed by atoms with van der Waals surface area (Å²) in [4.78, 5) is 9.40. The van der Waals surface area contributed by atoms with Crippen LogP contribution >= 0.6 is 0 Å². The Balaban J connectivity index is 3.82. The van der Waals surface area contributed by atoms with Crippen molar-refractivity contribution >= 4 is 5.78 Å². The normalized spacial score (nSPS) is 11.5. The Bertz CT molecular complexity index is 95.2. The third-order valence-electron chi connectivity index (χ3n) is 0.447. The first-order chi connectivity index (χ1) is 3.48. The second-order valence-corrected chi connectivity index (χ2v) is 1.07. The lowest BCUT2D eigenvalue weighted by molar-refractivity contribution is -0.175. The number of carbonyl (C=O) groups excluding carboxylic acids is 1. The van der Waals surface area contributed by atoms with Crippen molar-refractivity contribution < 1.29 is 23.1 Å². The highest BCUT2D eigenvalue weighted by molar-refractivity contribution is 5.84. The zero-order chi connectivity index (χ0) is 6.78. The molecule has 0 aromatic rings. The lowest BCUT2D eigenvalue weighted by atomic mass is 10.4. The summed E-state index contributed by atoms with van der Waals surface area (Å²) in [6, 6.07) is 0. The van der Waals surface area contributed by atoms with E-state index in [2.05, 4.69) is 0 Å². The summed E-state index contributed by atoms with van der Waals surface area (Å²) < 4.78 is 32.7. The molecule has 0 bridgehead atoms. The van der Waals surface area contributed by atoms with E-state index in [4.69, 9.17) is 0 Å². The Kier molecular flexibility index (Phi) is 1.97. The summed E-state index contributed by atoms with van der Waals surface area (Å²) >= 11 is 0. The number of rotatable bonds is 1. The molecule has 0 aliphatic rings. The van der Waals surface area contributed by atoms with E-state index in [1.165, 1.54) is 0 Å². The van der Waals surface area contributed by atoms with Crippen LogP contribution in [-0.4, -0.2) is 18.6 Å². The maximum Gasteiger partial charge on any atom is 0.452 e. The molecular formula is C3H2F3O2. The molecular weight excluding hydrogens is 125 g/mol. The van der Waals surface area contributed by atoms with Gasteiger partial charge in [-0.15, -0.1) is 0 Å². The second kappa shape index (κ2) is 2.13. The molecule has 0 saturated carbocycles. The monoisotopic (exact) mass is 127 g/mol. The van der Waals surface area contributed by atoms with Gasteiger partial charge in [0.25, 0.3) is 5.78 Å². The molecule has 47 valence electrons. The molecule has 2 nitrogen and oxygen atoms in total. The first kappa shape index (κ1) is 7.42. The van der Waals surface area contributed by atoms with Gasteiger partial charge in [-0.3, -0.25) is 4.79 Å². The van der Waals surface area contributed by atoms with E-state index in [9.17, 15) is 23.1 Å². The van der Waals surface area contributed by atoms with Crippen molar-refractivity contribution in [3.63, 3.8) is 0 Å². The fraction of sp³-hybridized carbons (Fsp3) is 0.667. The minimum absolute atomic E-state index is 1.72. The molecule has 0 heterocycles. The third kappa shape index (κ3) is 1.92. The molecule has 0 amide bonds. The first-order valence-corrected chi connectivity index (χ1v) is 1.66. The van der Waals surface area contributed by atoms with Gasteiger partial charge in [0.15, 0.2) is 6.61 Å². The fourth-order valence-electron chi connectivity index (χ4n) is 0.0818. The first-order valence-electron chi connectivity index (χ1n) is 1.66. The van der Waals surface area contributed by atoms with Gasteiger partial charge >= 0.3 is 6.18 Å². The predicted octanol–water partition coefficient (Wildman–Crippen LogP) is 0.548. The van der Waals surface area contributed by atoms with E-state index in [-0.39, 0.29) is 0 Å². The maximum atomic E-state index is 10.9. The van der Waals surface area contributed by atoms with Crippen LogP contribution in [0.4, 0.5) is 13.2 Å². The van der Waals surface area contributed by atoms with Crippen LogP contribution in [0, 0.1) is 0 Å². The number of ketones is 1. The number of alkyl halides is 3. The number of Topliss-reactive ketones (excluding diaryl/α,β-unsaturated/α-hetero) is 1. The van der Waals surface area contributed by atoms with Crippen molar-refractivity contribution in [2.75, 3.05) is 6.61 Å². The largest absolute Gasteiger partial charge is 0.452 e. The van der Waals surface area contributed by atoms with Gasteiger partial charge in [-0.05, 0) is 0 Å². The van der Waals surface area contributed by atoms with Gasteiger partial charge in [0.1, 0.15) is 0 Å². The van der Waals surface area contributed by atoms with Crippen molar-refractivity contribution in [3.8, 4) is 0 Å². The Morgan fingerprint density at radius 3 is 1.75 bits per heavy atom. The van der Waals surface area contributed by atoms with E-state index in [0.29, 0.717) is 0 Å². The lowest BCUT2D eigenvalue weighted by Gasteiger charge is -1.97. The zero-order valence-electron chi connectivity index (χ0n) is 3.66. The van der Waals surface area contributed by atoms with E-state index in [1.54, 1.807) is 0 Å². The van der Waals surface area contributed by atoms with Crippen molar-refractivity contribution in [2.24, 2.45) is 0 Å². The van der Waals surface area contributed by atoms with Crippen molar-refractivity contribution in [1.82, 2.24) is 0 Å². The maximum absolute atomic E-state index is 10.9. The van der Waals surface area contributed by atoms with Crippen LogP contribution in [0.1, 0.15) is 0 Å². The molecule has 5 heteroatoms. The van der Waals surface area contributed by atoms with Gasteiger partial charge in [-0.2, -0.15) is 13.2 Å². The zero-order valence-corrected chi connectivity index (χ0v) is 3.66. The topological polar surface area (TPSA) is 37.0 Å². The summed E-state index contributed by atoms with van der Waals surface area (Å²) in [5, 5.41) is 9.21. The van der Waals surface area contributed by atoms with E-state index in [1.807, 2.05) is 0 Å². The molecule has 0 rings (SSSR count). The van der Waals surface area contributed by atoms with Crippen LogP contribution in [0.2, 0.25) is 0 Å². The van der Waals surface area contributed by atoms with Crippen molar-refractivity contribution in [2.45, 2.75) is 6.18 Å². The van der Waals surface area contributed by atoms with Crippen LogP contribution in [0.5, 0.6) is 0 Å². The quantitative estimate of drug-likeness (QED) is 0.506. The molecule has 0 unspecified atom stereocenters. The van der Waals surface area contributed by atoms with Crippen LogP contribution < -0.4 is 0 Å². The third-order valence-corrected chi connectivity index (χ3v) is 0.447. The van der Waals surface area contributed by atoms with Gasteiger partial charge in [0, 0.05) is 0 Å². The predicted molar refractivity (Wildman–Crippen MR) is 16.6 cm³/mol. The molecule has 0 N–H and O–H groups in total. The second-order valence-electron chi connectivity index (χ2n) is 1.07. The van der Waals surface area contributed by atoms with Crippen LogP contribution in [0.25, 0.3) is 0 Å². The number of carbonyl (C=O) groups is 1. The van der Waals surface area contributed by atoms with Crippen LogP contribution in [0.15, 0.2) is 0 Å². The molecule has 0 aliphatic carbocycles. The summed E-state index contributed by atoms with van der Waals surface area (Å²) in [7, 11) is 0. The number of hydrogen-bond donors (Lipinski definition) is 0. The molecule has 0 aromatic heterocycles. The molecule has 0 spiro atoms. The van der Waals surface area contributed by atoms with Gasteiger partial charge < -0.3 is 0 Å². The fourth-order valence-corrected chi connectivity index (χ4v) is 0.0818. The average molecular weight is 127 g/mol. The minimum Gasteiger partial charge on any atom is -0.287 e. The van der Waals surface area contributed by atoms with Crippen molar-refractivity contribution in [3.05, 3.63) is 0 Å². The molecule has 8 heavy (non-hydrogen) atoms. The Hall–Kier alpha value is -0.580. The highest BCUT2D eigenvalue weighted by Crippen LogP contribution is 2.14. The Morgan fingerprint density at radius 2 is 1.75 bits per heavy atom. The number of halogens is 3. The standard InChI is InChI=1S/C3H2F3O2/c4-3(5,6)2(8)1-7/h1H2. The average Bonchev–Trinajstić information content (AvgIpc) is 1.62. The molecule has 1 radical (unpaired) electrons. The highest BCUT2D eigenvalue weighted by Gasteiger charge is 2.37. The van der Waals surface area contributed by atoms with E-state index < -0.39 is 18.6 Å². The van der Waals surface area contributed by atoms with Gasteiger partial charge in [-0.25, -0.2) is 5.11 Å². The van der Waals surface area contributed by atoms with Crippen molar-refractivity contribution in [1.29, 1.82) is 0 Å². The van der Waals surface area contributed by atoms with Gasteiger partial charge in [0.05, 0.1) is 0 Å². The summed E-state index contributed by atoms with van der Waals surface area (Å²) in [6.45, 7) is -1.72. The molecule has 0 saturated heterocycles. The molecule has 0 fully saturated rings. The van der Waals surface area contributed by atoms with Crippen LogP contribution in [0.3, 0.4) is 0 Å². The molecule has 0 aromatic carbocycles. The summed E-state index contributed by atoms with van der Waals surface area (Å²) in [5.74, 6) is -2.22. The SMILES string of the molecule is [O]CC(=O)C(F)(F)F. The smallest absolute Gasteiger partial charge is 0.287 e.